The van der Waals surface area contributed by atoms with Crippen LogP contribution in [0.5, 0.6) is 5.75 Å². The number of methoxy groups -OCH3 is 1. The van der Waals surface area contributed by atoms with Crippen LogP contribution in [0.3, 0.4) is 0 Å². The van der Waals surface area contributed by atoms with E-state index in [1.54, 1.807) is 31.4 Å². The van der Waals surface area contributed by atoms with Crippen molar-refractivity contribution in [2.45, 2.75) is 19.6 Å². The van der Waals surface area contributed by atoms with Crippen molar-refractivity contribution in [1.29, 1.82) is 0 Å². The number of hydrogen-bond donors (Lipinski definition) is 1. The fraction of sp³-hybridized carbons (Fsp3) is 0.400. The van der Waals surface area contributed by atoms with Crippen LogP contribution in [0.2, 0.25) is 5.02 Å². The number of rotatable bonds is 10. The lowest BCUT2D eigenvalue weighted by Gasteiger charge is -2.25. The Kier molecular flexibility index (Phi) is 8.22. The van der Waals surface area contributed by atoms with Crippen molar-refractivity contribution in [3.8, 4) is 5.75 Å². The molecule has 0 amide bonds. The molecule has 0 fully saturated rings. The number of aliphatic hydroxyl groups excluding tert-OH is 1. The molecule has 136 valence electrons. The molecule has 0 unspecified atom stereocenters. The van der Waals surface area contributed by atoms with Crippen LogP contribution in [0.25, 0.3) is 0 Å². The van der Waals surface area contributed by atoms with E-state index in [0.29, 0.717) is 23.9 Å². The van der Waals surface area contributed by atoms with Gasteiger partial charge < -0.3 is 14.6 Å². The van der Waals surface area contributed by atoms with E-state index in [9.17, 15) is 5.11 Å². The summed E-state index contributed by atoms with van der Waals surface area (Å²) in [4.78, 5) is 2.17. The molecule has 0 saturated heterocycles. The van der Waals surface area contributed by atoms with Gasteiger partial charge in [0.15, 0.2) is 0 Å². The first-order valence-electron chi connectivity index (χ1n) is 8.40. The maximum atomic E-state index is 10.3. The Balaban J connectivity index is 1.87. The summed E-state index contributed by atoms with van der Waals surface area (Å²) in [7, 11) is 1.69. The van der Waals surface area contributed by atoms with Crippen molar-refractivity contribution in [2.24, 2.45) is 0 Å². The molecule has 0 bridgehead atoms. The lowest BCUT2D eigenvalue weighted by atomic mass is 10.1. The van der Waals surface area contributed by atoms with Crippen molar-refractivity contribution < 1.29 is 14.6 Å². The second-order valence-electron chi connectivity index (χ2n) is 6.14. The first-order chi connectivity index (χ1) is 12.1. The van der Waals surface area contributed by atoms with Crippen LogP contribution in [-0.4, -0.2) is 49.5 Å². The summed E-state index contributed by atoms with van der Waals surface area (Å²) in [6, 6.07) is 15.5. The van der Waals surface area contributed by atoms with E-state index in [1.165, 1.54) is 11.1 Å². The number of ether oxygens (including phenoxy) is 2. The predicted molar refractivity (Wildman–Crippen MR) is 101 cm³/mol. The van der Waals surface area contributed by atoms with Gasteiger partial charge in [0.25, 0.3) is 0 Å². The Labute approximate surface area is 154 Å². The number of halogens is 1. The van der Waals surface area contributed by atoms with E-state index in [4.69, 9.17) is 21.1 Å². The molecule has 4 nitrogen and oxygen atoms in total. The van der Waals surface area contributed by atoms with Gasteiger partial charge in [-0.15, -0.1) is 0 Å². The van der Waals surface area contributed by atoms with Crippen LogP contribution in [0, 0.1) is 6.92 Å². The molecule has 2 aromatic carbocycles. The minimum atomic E-state index is -0.586. The molecule has 2 aromatic rings. The highest BCUT2D eigenvalue weighted by molar-refractivity contribution is 6.30. The van der Waals surface area contributed by atoms with Gasteiger partial charge in [0.2, 0.25) is 0 Å². The molecule has 0 radical (unpaired) electrons. The molecule has 1 atom stereocenters. The maximum absolute atomic E-state index is 10.3. The number of hydrogen-bond acceptors (Lipinski definition) is 4. The molecule has 0 spiro atoms. The average Bonchev–Trinajstić information content (AvgIpc) is 2.59. The first-order valence-corrected chi connectivity index (χ1v) is 8.78. The first kappa shape index (κ1) is 19.7. The highest BCUT2D eigenvalue weighted by Crippen LogP contribution is 2.16. The lowest BCUT2D eigenvalue weighted by Crippen LogP contribution is -2.37. The molecular formula is C20H26ClNO3. The van der Waals surface area contributed by atoms with Gasteiger partial charge in [0, 0.05) is 31.8 Å². The number of benzene rings is 2. The van der Waals surface area contributed by atoms with E-state index in [-0.39, 0.29) is 6.61 Å². The van der Waals surface area contributed by atoms with Crippen LogP contribution in [0.4, 0.5) is 0 Å². The Bertz CT molecular complexity index is 633. The molecule has 0 aliphatic carbocycles. The molecule has 0 aliphatic heterocycles. The Morgan fingerprint density at radius 3 is 2.60 bits per heavy atom. The van der Waals surface area contributed by atoms with Gasteiger partial charge in [-0.3, -0.25) is 4.90 Å². The van der Waals surface area contributed by atoms with Crippen LogP contribution in [0.15, 0.2) is 48.5 Å². The molecule has 1 N–H and O–H groups in total. The Morgan fingerprint density at radius 1 is 1.16 bits per heavy atom. The number of nitrogens with zero attached hydrogens (tertiary/aromatic N) is 1. The summed E-state index contributed by atoms with van der Waals surface area (Å²) in [5.74, 6) is 0.700. The molecule has 5 heteroatoms. The van der Waals surface area contributed by atoms with Crippen molar-refractivity contribution in [3.05, 3.63) is 64.7 Å². The van der Waals surface area contributed by atoms with Crippen molar-refractivity contribution in [2.75, 3.05) is 33.4 Å². The van der Waals surface area contributed by atoms with Crippen LogP contribution in [-0.2, 0) is 11.3 Å². The zero-order valence-electron chi connectivity index (χ0n) is 14.8. The van der Waals surface area contributed by atoms with E-state index < -0.39 is 6.10 Å². The summed E-state index contributed by atoms with van der Waals surface area (Å²) in [6.07, 6.45) is -0.586. The molecule has 0 heterocycles. The van der Waals surface area contributed by atoms with Gasteiger partial charge in [0.05, 0.1) is 6.61 Å². The predicted octanol–water partition coefficient (Wildman–Crippen LogP) is 3.54. The lowest BCUT2D eigenvalue weighted by molar-refractivity contribution is 0.0542. The van der Waals surface area contributed by atoms with E-state index in [1.807, 2.05) is 0 Å². The number of aliphatic hydroxyl groups is 1. The summed E-state index contributed by atoms with van der Waals surface area (Å²) in [6.45, 7) is 4.98. The van der Waals surface area contributed by atoms with E-state index in [0.717, 1.165) is 13.1 Å². The van der Waals surface area contributed by atoms with Crippen molar-refractivity contribution in [1.82, 2.24) is 4.90 Å². The van der Waals surface area contributed by atoms with Gasteiger partial charge in [-0.2, -0.15) is 0 Å². The zero-order chi connectivity index (χ0) is 18.1. The van der Waals surface area contributed by atoms with E-state index >= 15 is 0 Å². The SMILES string of the molecule is COCCN(Cc1cccc(C)c1)C[C@@H](O)COc1ccc(Cl)cc1. The third-order valence-electron chi connectivity index (χ3n) is 3.83. The summed E-state index contributed by atoms with van der Waals surface area (Å²) in [5, 5.41) is 11.0. The van der Waals surface area contributed by atoms with Crippen LogP contribution < -0.4 is 4.74 Å². The van der Waals surface area contributed by atoms with Crippen molar-refractivity contribution in [3.63, 3.8) is 0 Å². The summed E-state index contributed by atoms with van der Waals surface area (Å²) in [5.41, 5.74) is 2.46. The minimum absolute atomic E-state index is 0.235. The summed E-state index contributed by atoms with van der Waals surface area (Å²) < 4.78 is 10.8. The Hall–Kier alpha value is -1.59. The highest BCUT2D eigenvalue weighted by Gasteiger charge is 2.13. The Morgan fingerprint density at radius 2 is 1.92 bits per heavy atom. The average molecular weight is 364 g/mol. The molecule has 0 aromatic heterocycles. The fourth-order valence-corrected chi connectivity index (χ4v) is 2.72. The number of aryl methyl sites for hydroxylation is 1. The van der Waals surface area contributed by atoms with Crippen LogP contribution >= 0.6 is 11.6 Å². The summed E-state index contributed by atoms with van der Waals surface area (Å²) >= 11 is 5.86. The minimum Gasteiger partial charge on any atom is -0.491 e. The quantitative estimate of drug-likeness (QED) is 0.701. The molecule has 25 heavy (non-hydrogen) atoms. The monoisotopic (exact) mass is 363 g/mol. The second kappa shape index (κ2) is 10.4. The zero-order valence-corrected chi connectivity index (χ0v) is 15.6. The standard InChI is InChI=1S/C20H26ClNO3/c1-16-4-3-5-17(12-16)13-22(10-11-24-2)14-19(23)15-25-20-8-6-18(21)7-9-20/h3-9,12,19,23H,10-11,13-15H2,1-2H3/t19-/m1/s1. The molecule has 0 aliphatic rings. The fourth-order valence-electron chi connectivity index (χ4n) is 2.60. The van der Waals surface area contributed by atoms with Gasteiger partial charge in [-0.25, -0.2) is 0 Å². The topological polar surface area (TPSA) is 41.9 Å². The van der Waals surface area contributed by atoms with Gasteiger partial charge in [0.1, 0.15) is 18.5 Å². The molecule has 0 saturated carbocycles. The second-order valence-corrected chi connectivity index (χ2v) is 6.57. The third kappa shape index (κ3) is 7.45. The maximum Gasteiger partial charge on any atom is 0.119 e. The van der Waals surface area contributed by atoms with Gasteiger partial charge >= 0.3 is 0 Å². The van der Waals surface area contributed by atoms with Crippen LogP contribution in [0.1, 0.15) is 11.1 Å². The third-order valence-corrected chi connectivity index (χ3v) is 4.08. The van der Waals surface area contributed by atoms with E-state index in [2.05, 4.69) is 36.1 Å². The smallest absolute Gasteiger partial charge is 0.119 e. The normalized spacial score (nSPS) is 12.4. The highest BCUT2D eigenvalue weighted by atomic mass is 35.5. The molecular weight excluding hydrogens is 338 g/mol. The van der Waals surface area contributed by atoms with Gasteiger partial charge in [-0.05, 0) is 36.8 Å². The van der Waals surface area contributed by atoms with Gasteiger partial charge in [-0.1, -0.05) is 41.4 Å². The largest absolute Gasteiger partial charge is 0.491 e. The molecule has 2 rings (SSSR count). The van der Waals surface area contributed by atoms with Crippen molar-refractivity contribution >= 4 is 11.6 Å².